The van der Waals surface area contributed by atoms with Crippen molar-refractivity contribution in [2.24, 2.45) is 5.92 Å². The third kappa shape index (κ3) is 6.95. The summed E-state index contributed by atoms with van der Waals surface area (Å²) in [4.78, 5) is 16.9. The number of sulfonamides is 1. The Morgan fingerprint density at radius 3 is 2.54 bits per heavy atom. The van der Waals surface area contributed by atoms with Crippen LogP contribution in [0.3, 0.4) is 0 Å². The van der Waals surface area contributed by atoms with E-state index in [1.807, 2.05) is 44.4 Å². The third-order valence-electron chi connectivity index (χ3n) is 6.92. The number of nitrogens with zero attached hydrogens (tertiary/aromatic N) is 2. The number of methoxy groups -OCH3 is 1. The second-order valence-electron chi connectivity index (χ2n) is 10.1. The van der Waals surface area contributed by atoms with Crippen LogP contribution in [-0.4, -0.2) is 56.9 Å². The molecule has 3 aromatic rings. The molecule has 0 fully saturated rings. The van der Waals surface area contributed by atoms with Gasteiger partial charge in [0, 0.05) is 23.0 Å². The highest BCUT2D eigenvalue weighted by atomic mass is 35.5. The first-order valence-corrected chi connectivity index (χ1v) is 15.7. The summed E-state index contributed by atoms with van der Waals surface area (Å²) in [7, 11) is -2.37. The molecule has 10 heteroatoms. The Kier molecular flexibility index (Phi) is 9.59. The van der Waals surface area contributed by atoms with E-state index in [1.165, 1.54) is 28.4 Å². The van der Waals surface area contributed by atoms with E-state index in [-0.39, 0.29) is 42.5 Å². The second-order valence-corrected chi connectivity index (χ2v) is 13.4. The van der Waals surface area contributed by atoms with Crippen LogP contribution in [0.5, 0.6) is 11.5 Å². The van der Waals surface area contributed by atoms with Crippen molar-refractivity contribution in [2.75, 3.05) is 33.4 Å². The van der Waals surface area contributed by atoms with Gasteiger partial charge in [-0.1, -0.05) is 25.4 Å². The minimum atomic E-state index is -3.90. The van der Waals surface area contributed by atoms with Crippen LogP contribution in [-0.2, 0) is 21.2 Å². The predicted molar refractivity (Wildman–Crippen MR) is 155 cm³/mol. The number of carbonyl (C=O) groups excluding carboxylic acids is 1. The molecule has 7 nitrogen and oxygen atoms in total. The van der Waals surface area contributed by atoms with E-state index in [9.17, 15) is 13.2 Å². The highest BCUT2D eigenvalue weighted by molar-refractivity contribution is 7.89. The highest BCUT2D eigenvalue weighted by Crippen LogP contribution is 2.34. The number of hydrogen-bond donors (Lipinski definition) is 0. The monoisotopic (exact) mass is 590 g/mol. The number of benzene rings is 2. The quantitative estimate of drug-likeness (QED) is 0.275. The maximum absolute atomic E-state index is 13.8. The molecule has 0 saturated heterocycles. The molecule has 1 unspecified atom stereocenters. The number of ether oxygens (including phenoxy) is 2. The van der Waals surface area contributed by atoms with Crippen molar-refractivity contribution >= 4 is 38.9 Å². The second kappa shape index (κ2) is 12.7. The molecule has 4 rings (SSSR count). The number of fused-ring (bicyclic) bond motifs is 1. The molecular weight excluding hydrogens is 556 g/mol. The Bertz CT molecular complexity index is 1390. The van der Waals surface area contributed by atoms with Crippen molar-refractivity contribution in [3.05, 3.63) is 74.9 Å². The summed E-state index contributed by atoms with van der Waals surface area (Å²) in [6, 6.07) is 13.5. The zero-order valence-corrected chi connectivity index (χ0v) is 25.1. The van der Waals surface area contributed by atoms with Gasteiger partial charge in [-0.25, -0.2) is 8.42 Å². The molecule has 1 atom stereocenters. The van der Waals surface area contributed by atoms with Crippen molar-refractivity contribution in [3.8, 4) is 11.5 Å². The van der Waals surface area contributed by atoms with E-state index in [0.29, 0.717) is 29.5 Å². The van der Waals surface area contributed by atoms with E-state index in [0.717, 1.165) is 17.5 Å². The SMILES string of the molecule is COc1ccc(S(=O)(=O)N(CCC(C)C)CC(=O)N2CCc3sccc3C2COc2ccc(Cl)c(C)c2)cc1. The van der Waals surface area contributed by atoms with Crippen LogP contribution in [0.4, 0.5) is 0 Å². The van der Waals surface area contributed by atoms with Gasteiger partial charge in [0.15, 0.2) is 0 Å². The van der Waals surface area contributed by atoms with E-state index in [2.05, 4.69) is 0 Å². The lowest BCUT2D eigenvalue weighted by Crippen LogP contribution is -2.48. The van der Waals surface area contributed by atoms with Gasteiger partial charge in [0.25, 0.3) is 0 Å². The van der Waals surface area contributed by atoms with Gasteiger partial charge >= 0.3 is 0 Å². The van der Waals surface area contributed by atoms with Crippen molar-refractivity contribution in [1.82, 2.24) is 9.21 Å². The zero-order valence-electron chi connectivity index (χ0n) is 22.7. The fourth-order valence-corrected chi connectivity index (χ4v) is 7.03. The van der Waals surface area contributed by atoms with E-state index in [1.54, 1.807) is 34.4 Å². The van der Waals surface area contributed by atoms with Gasteiger partial charge in [-0.15, -0.1) is 11.3 Å². The first-order valence-electron chi connectivity index (χ1n) is 13.0. The van der Waals surface area contributed by atoms with Crippen LogP contribution in [0, 0.1) is 12.8 Å². The van der Waals surface area contributed by atoms with Crippen molar-refractivity contribution in [3.63, 3.8) is 0 Å². The Hall–Kier alpha value is -2.59. The molecule has 210 valence electrons. The molecule has 0 saturated carbocycles. The topological polar surface area (TPSA) is 76.2 Å². The zero-order chi connectivity index (χ0) is 28.2. The summed E-state index contributed by atoms with van der Waals surface area (Å²) in [6.45, 7) is 6.76. The molecular formula is C29H35ClN2O5S2. The molecule has 2 aromatic carbocycles. The van der Waals surface area contributed by atoms with Gasteiger partial charge in [-0.3, -0.25) is 4.79 Å². The largest absolute Gasteiger partial charge is 0.497 e. The summed E-state index contributed by atoms with van der Waals surface area (Å²) < 4.78 is 39.9. The predicted octanol–water partition coefficient (Wildman–Crippen LogP) is 5.96. The lowest BCUT2D eigenvalue weighted by Gasteiger charge is -2.37. The number of rotatable bonds is 11. The Balaban J connectivity index is 1.57. The number of carbonyl (C=O) groups is 1. The van der Waals surface area contributed by atoms with E-state index < -0.39 is 10.0 Å². The molecule has 0 aliphatic carbocycles. The summed E-state index contributed by atoms with van der Waals surface area (Å²) >= 11 is 7.84. The van der Waals surface area contributed by atoms with Crippen LogP contribution in [0.2, 0.25) is 5.02 Å². The lowest BCUT2D eigenvalue weighted by atomic mass is 10.0. The van der Waals surface area contributed by atoms with Crippen LogP contribution in [0.25, 0.3) is 0 Å². The number of aryl methyl sites for hydroxylation is 1. The summed E-state index contributed by atoms with van der Waals surface area (Å²) in [6.07, 6.45) is 1.37. The molecule has 0 bridgehead atoms. The van der Waals surface area contributed by atoms with Crippen molar-refractivity contribution in [2.45, 2.75) is 44.6 Å². The number of thiophene rings is 1. The first kappa shape index (κ1) is 29.4. The fraction of sp³-hybridized carbons (Fsp3) is 0.414. The lowest BCUT2D eigenvalue weighted by molar-refractivity contribution is -0.135. The fourth-order valence-electron chi connectivity index (χ4n) is 4.58. The number of hydrogen-bond acceptors (Lipinski definition) is 6. The third-order valence-corrected chi connectivity index (χ3v) is 10.2. The average Bonchev–Trinajstić information content (AvgIpc) is 3.40. The molecule has 1 aliphatic rings. The Morgan fingerprint density at radius 2 is 1.87 bits per heavy atom. The van der Waals surface area contributed by atoms with Crippen molar-refractivity contribution in [1.29, 1.82) is 0 Å². The molecule has 1 aromatic heterocycles. The van der Waals surface area contributed by atoms with Crippen LogP contribution >= 0.6 is 22.9 Å². The van der Waals surface area contributed by atoms with Gasteiger partial charge in [-0.2, -0.15) is 4.31 Å². The minimum Gasteiger partial charge on any atom is -0.497 e. The smallest absolute Gasteiger partial charge is 0.243 e. The molecule has 2 heterocycles. The van der Waals surface area contributed by atoms with Crippen LogP contribution in [0.15, 0.2) is 58.8 Å². The van der Waals surface area contributed by atoms with E-state index >= 15 is 0 Å². The van der Waals surface area contributed by atoms with Gasteiger partial charge in [0.05, 0.1) is 24.6 Å². The molecule has 1 amide bonds. The highest BCUT2D eigenvalue weighted by Gasteiger charge is 2.35. The van der Waals surface area contributed by atoms with Gasteiger partial charge in [-0.05, 0) is 90.7 Å². The van der Waals surface area contributed by atoms with Gasteiger partial charge in [0.2, 0.25) is 15.9 Å². The maximum Gasteiger partial charge on any atom is 0.243 e. The average molecular weight is 591 g/mol. The molecule has 1 aliphatic heterocycles. The minimum absolute atomic E-state index is 0.136. The first-order chi connectivity index (χ1) is 18.6. The maximum atomic E-state index is 13.8. The molecule has 0 radical (unpaired) electrons. The van der Waals surface area contributed by atoms with Crippen LogP contribution < -0.4 is 9.47 Å². The van der Waals surface area contributed by atoms with Gasteiger partial charge in [0.1, 0.15) is 18.1 Å². The number of amides is 1. The standard InChI is InChI=1S/C29H35ClN2O5S2/c1-20(2)11-14-31(39(34,35)24-8-5-22(36-4)6-9-24)18-29(33)32-15-12-28-25(13-16-38-28)27(32)19-37-23-7-10-26(30)21(3)17-23/h5-10,13,16-17,20,27H,11-12,14-15,18-19H2,1-4H3. The van der Waals surface area contributed by atoms with Gasteiger partial charge < -0.3 is 14.4 Å². The Labute approximate surface area is 240 Å². The van der Waals surface area contributed by atoms with Crippen LogP contribution in [0.1, 0.15) is 42.3 Å². The summed E-state index contributed by atoms with van der Waals surface area (Å²) in [5, 5.41) is 2.69. The normalized spacial score (nSPS) is 15.5. The molecule has 39 heavy (non-hydrogen) atoms. The Morgan fingerprint density at radius 1 is 1.15 bits per heavy atom. The van der Waals surface area contributed by atoms with Crippen molar-refractivity contribution < 1.29 is 22.7 Å². The molecule has 0 N–H and O–H groups in total. The number of halogens is 1. The summed E-state index contributed by atoms with van der Waals surface area (Å²) in [5.74, 6) is 1.28. The molecule has 0 spiro atoms. The van der Waals surface area contributed by atoms with E-state index in [4.69, 9.17) is 21.1 Å². The summed E-state index contributed by atoms with van der Waals surface area (Å²) in [5.41, 5.74) is 1.96.